The minimum absolute atomic E-state index is 0.0830. The summed E-state index contributed by atoms with van der Waals surface area (Å²) in [6.45, 7) is 6.81. The largest absolute Gasteiger partial charge is 0.471 e. The molecule has 1 amide bonds. The van der Waals surface area contributed by atoms with Crippen LogP contribution in [-0.2, 0) is 30.8 Å². The summed E-state index contributed by atoms with van der Waals surface area (Å²) in [5, 5.41) is 2.86. The molecule has 290 valence electrons. The van der Waals surface area contributed by atoms with E-state index in [1.807, 2.05) is 67.8 Å². The van der Waals surface area contributed by atoms with Gasteiger partial charge in [0.25, 0.3) is 8.18 Å². The molecule has 0 aliphatic carbocycles. The number of aryl methyl sites for hydroxylation is 1. The first-order valence-corrected chi connectivity index (χ1v) is 20.0. The molecule has 2 aromatic heterocycles. The highest BCUT2D eigenvalue weighted by molar-refractivity contribution is 7.36. The number of nitrogens with one attached hydrogen (secondary N) is 1. The summed E-state index contributed by atoms with van der Waals surface area (Å²) in [4.78, 5) is 29.6. The van der Waals surface area contributed by atoms with Crippen molar-refractivity contribution in [1.82, 2.24) is 29.1 Å². The Bertz CT molecular complexity index is 2160. The van der Waals surface area contributed by atoms with Crippen LogP contribution in [0.3, 0.4) is 0 Å². The highest BCUT2D eigenvalue weighted by atomic mass is 31.1. The normalized spacial score (nSPS) is 17.0. The lowest BCUT2D eigenvalue weighted by molar-refractivity contribution is -0.145. The van der Waals surface area contributed by atoms with E-state index in [2.05, 4.69) is 88.0 Å². The Balaban J connectivity index is 1.36. The van der Waals surface area contributed by atoms with Gasteiger partial charge >= 0.3 is 0 Å². The molecule has 12 nitrogen and oxygen atoms in total. The molecule has 13 heteroatoms. The molecule has 1 N–H and O–H groups in total. The number of hydrogen-bond acceptors (Lipinski definition) is 9. The lowest BCUT2D eigenvalue weighted by Gasteiger charge is -2.50. The molecule has 0 radical (unpaired) electrons. The van der Waals surface area contributed by atoms with E-state index in [0.29, 0.717) is 24.3 Å². The monoisotopic (exact) mass is 773 g/mol. The van der Waals surface area contributed by atoms with E-state index in [1.165, 1.54) is 0 Å². The highest BCUT2D eigenvalue weighted by Gasteiger charge is 2.46. The Morgan fingerprint density at radius 3 is 2.04 bits per heavy atom. The fourth-order valence-electron chi connectivity index (χ4n) is 7.06. The van der Waals surface area contributed by atoms with Crippen molar-refractivity contribution in [3.8, 4) is 5.88 Å². The van der Waals surface area contributed by atoms with E-state index in [1.54, 1.807) is 25.1 Å². The predicted molar refractivity (Wildman–Crippen MR) is 218 cm³/mol. The SMILES string of the molecule is Cc1ccc(COc2nc(NC(=O)C(C)C)nc3c2ncn3[C@H]2CN(C(c3ccccc3)(c3ccccc3)c3ccccc3)C[C@@H](CO[PH](=O)N(C)C)O2)cc1. The molecule has 3 heterocycles. The average Bonchev–Trinajstić information content (AvgIpc) is 3.65. The number of imidazole rings is 1. The smallest absolute Gasteiger partial charge is 0.260 e. The molecule has 0 spiro atoms. The van der Waals surface area contributed by atoms with Crippen molar-refractivity contribution >= 4 is 31.2 Å². The fourth-order valence-corrected chi connectivity index (χ4v) is 7.65. The first-order valence-electron chi connectivity index (χ1n) is 18.8. The van der Waals surface area contributed by atoms with Gasteiger partial charge < -0.3 is 14.0 Å². The summed E-state index contributed by atoms with van der Waals surface area (Å²) in [7, 11) is 0.972. The number of fused-ring (bicyclic) bond motifs is 1. The van der Waals surface area contributed by atoms with Crippen LogP contribution in [0.5, 0.6) is 5.88 Å². The van der Waals surface area contributed by atoms with Crippen LogP contribution in [0.1, 0.15) is 47.9 Å². The van der Waals surface area contributed by atoms with Gasteiger partial charge in [-0.1, -0.05) is 135 Å². The van der Waals surface area contributed by atoms with Crippen LogP contribution in [-0.4, -0.2) is 74.9 Å². The van der Waals surface area contributed by atoms with Crippen LogP contribution in [0.15, 0.2) is 122 Å². The van der Waals surface area contributed by atoms with Gasteiger partial charge in [-0.25, -0.2) is 9.65 Å². The number of anilines is 1. The van der Waals surface area contributed by atoms with Crippen LogP contribution in [0.25, 0.3) is 11.2 Å². The maximum atomic E-state index is 12.9. The maximum Gasteiger partial charge on any atom is 0.260 e. The molecule has 1 fully saturated rings. The maximum absolute atomic E-state index is 12.9. The number of hydrogen-bond donors (Lipinski definition) is 1. The molecular formula is C43H48N7O5P. The zero-order valence-corrected chi connectivity index (χ0v) is 33.3. The summed E-state index contributed by atoms with van der Waals surface area (Å²) in [5.74, 6) is -0.200. The summed E-state index contributed by atoms with van der Waals surface area (Å²) < 4.78 is 35.5. The van der Waals surface area contributed by atoms with Gasteiger partial charge in [0.2, 0.25) is 17.7 Å². The minimum atomic E-state index is -2.49. The lowest BCUT2D eigenvalue weighted by Crippen LogP contribution is -2.57. The third-order valence-corrected chi connectivity index (χ3v) is 11.1. The van der Waals surface area contributed by atoms with Crippen molar-refractivity contribution in [3.63, 3.8) is 0 Å². The zero-order valence-electron chi connectivity index (χ0n) is 32.3. The number of benzene rings is 4. The van der Waals surface area contributed by atoms with E-state index < -0.39 is 26.0 Å². The van der Waals surface area contributed by atoms with Crippen LogP contribution in [0.2, 0.25) is 0 Å². The quantitative estimate of drug-likeness (QED) is 0.0881. The van der Waals surface area contributed by atoms with E-state index in [-0.39, 0.29) is 36.9 Å². The number of carbonyl (C=O) groups excluding carboxylic acids is 1. The number of ether oxygens (including phenoxy) is 2. The van der Waals surface area contributed by atoms with Gasteiger partial charge in [-0.3, -0.25) is 24.1 Å². The Kier molecular flexibility index (Phi) is 12.0. The third kappa shape index (κ3) is 8.30. The zero-order chi connectivity index (χ0) is 39.2. The fraction of sp³-hybridized carbons (Fsp3) is 0.302. The van der Waals surface area contributed by atoms with E-state index in [4.69, 9.17) is 24.0 Å². The minimum Gasteiger partial charge on any atom is -0.471 e. The molecular weight excluding hydrogens is 725 g/mol. The van der Waals surface area contributed by atoms with Gasteiger partial charge in [0.05, 0.1) is 24.6 Å². The molecule has 6 aromatic rings. The number of carbonyl (C=O) groups is 1. The Hall–Kier alpha value is -5.23. The Morgan fingerprint density at radius 1 is 0.893 bits per heavy atom. The predicted octanol–water partition coefficient (Wildman–Crippen LogP) is 7.47. The topological polar surface area (TPSA) is 124 Å². The molecule has 7 rings (SSSR count). The number of amides is 1. The molecule has 0 bridgehead atoms. The second-order valence-corrected chi connectivity index (χ2v) is 16.2. The first kappa shape index (κ1) is 39.0. The molecule has 1 unspecified atom stereocenters. The van der Waals surface area contributed by atoms with Gasteiger partial charge in [0.1, 0.15) is 12.8 Å². The van der Waals surface area contributed by atoms with Gasteiger partial charge in [-0.05, 0) is 43.3 Å². The molecule has 4 aromatic carbocycles. The van der Waals surface area contributed by atoms with Crippen LogP contribution < -0.4 is 10.1 Å². The van der Waals surface area contributed by atoms with Gasteiger partial charge in [0.15, 0.2) is 11.2 Å². The van der Waals surface area contributed by atoms with Gasteiger partial charge in [-0.2, -0.15) is 9.97 Å². The van der Waals surface area contributed by atoms with Crippen molar-refractivity contribution in [1.29, 1.82) is 0 Å². The average molecular weight is 774 g/mol. The van der Waals surface area contributed by atoms with Crippen molar-refractivity contribution in [2.24, 2.45) is 5.92 Å². The number of rotatable bonds is 14. The summed E-state index contributed by atoms with van der Waals surface area (Å²) in [6.07, 6.45) is 0.499. The second-order valence-electron chi connectivity index (χ2n) is 14.5. The summed E-state index contributed by atoms with van der Waals surface area (Å²) >= 11 is 0. The highest BCUT2D eigenvalue weighted by Crippen LogP contribution is 2.45. The van der Waals surface area contributed by atoms with Crippen molar-refractivity contribution in [2.45, 2.75) is 45.2 Å². The third-order valence-electron chi connectivity index (χ3n) is 9.91. The summed E-state index contributed by atoms with van der Waals surface area (Å²) in [5.41, 5.74) is 5.39. The van der Waals surface area contributed by atoms with Gasteiger partial charge in [-0.15, -0.1) is 0 Å². The summed E-state index contributed by atoms with van der Waals surface area (Å²) in [6, 6.07) is 39.4. The van der Waals surface area contributed by atoms with E-state index in [0.717, 1.165) is 27.8 Å². The van der Waals surface area contributed by atoms with Crippen molar-refractivity contribution < 1.29 is 23.4 Å². The number of nitrogens with zero attached hydrogens (tertiary/aromatic N) is 6. The Morgan fingerprint density at radius 2 is 1.48 bits per heavy atom. The van der Waals surface area contributed by atoms with Crippen LogP contribution in [0, 0.1) is 12.8 Å². The molecule has 1 saturated heterocycles. The van der Waals surface area contributed by atoms with Crippen molar-refractivity contribution in [3.05, 3.63) is 149 Å². The van der Waals surface area contributed by atoms with Crippen LogP contribution >= 0.6 is 8.18 Å². The molecule has 1 aliphatic rings. The van der Waals surface area contributed by atoms with Crippen molar-refractivity contribution in [2.75, 3.05) is 39.1 Å². The van der Waals surface area contributed by atoms with E-state index in [9.17, 15) is 9.36 Å². The van der Waals surface area contributed by atoms with Gasteiger partial charge in [0, 0.05) is 19.0 Å². The lowest BCUT2D eigenvalue weighted by atomic mass is 9.75. The molecule has 56 heavy (non-hydrogen) atoms. The standard InChI is InChI=1S/C43H48N7O5P/c1-30(2)40(51)46-42-45-39-38(41(47-42)53-27-32-23-21-31(3)22-24-32)44-29-50(39)37-26-49(25-36(55-37)28-54-56(52)48(4)5)43(33-15-9-6-10-16-33,34-17-11-7-12-18-34)35-19-13-8-14-20-35/h6-24,29-30,36-37,56H,25-28H2,1-5H3,(H,45,46,47,51)/t36-,37+/m0/s1. The second kappa shape index (κ2) is 17.3. The molecule has 0 saturated carbocycles. The molecule has 1 aliphatic heterocycles. The Labute approximate surface area is 328 Å². The number of aromatic nitrogens is 4. The number of morpholine rings is 1. The first-order chi connectivity index (χ1) is 27.1. The van der Waals surface area contributed by atoms with E-state index >= 15 is 0 Å². The molecule has 3 atom stereocenters. The van der Waals surface area contributed by atoms with Crippen LogP contribution in [0.4, 0.5) is 5.95 Å².